The molecule has 0 bridgehead atoms. The minimum Gasteiger partial charge on any atom is -0.457 e. The SMILES string of the molecule is Cc1c(Oc2cccc(N(C)C)c2)cccc1N1CCNCC1. The summed E-state index contributed by atoms with van der Waals surface area (Å²) in [6, 6.07) is 14.5. The average molecular weight is 311 g/mol. The molecule has 1 N–H and O–H groups in total. The lowest BCUT2D eigenvalue weighted by Gasteiger charge is -2.31. The molecule has 0 aromatic heterocycles. The van der Waals surface area contributed by atoms with Crippen molar-refractivity contribution in [3.05, 3.63) is 48.0 Å². The first kappa shape index (κ1) is 15.7. The van der Waals surface area contributed by atoms with Gasteiger partial charge in [0.25, 0.3) is 0 Å². The van der Waals surface area contributed by atoms with Crippen LogP contribution in [0.2, 0.25) is 0 Å². The van der Waals surface area contributed by atoms with Gasteiger partial charge in [0, 0.05) is 63.3 Å². The molecule has 0 unspecified atom stereocenters. The van der Waals surface area contributed by atoms with Crippen LogP contribution >= 0.6 is 0 Å². The number of nitrogens with zero attached hydrogens (tertiary/aromatic N) is 2. The average Bonchev–Trinajstić information content (AvgIpc) is 2.58. The summed E-state index contributed by atoms with van der Waals surface area (Å²) in [5.41, 5.74) is 3.61. The summed E-state index contributed by atoms with van der Waals surface area (Å²) in [6.07, 6.45) is 0. The van der Waals surface area contributed by atoms with E-state index >= 15 is 0 Å². The Hall–Kier alpha value is -2.20. The maximum absolute atomic E-state index is 6.16. The highest BCUT2D eigenvalue weighted by atomic mass is 16.5. The van der Waals surface area contributed by atoms with Gasteiger partial charge >= 0.3 is 0 Å². The molecule has 2 aromatic carbocycles. The molecule has 1 aliphatic heterocycles. The van der Waals surface area contributed by atoms with Crippen LogP contribution in [-0.2, 0) is 0 Å². The first-order valence-electron chi connectivity index (χ1n) is 8.15. The Morgan fingerprint density at radius 3 is 2.52 bits per heavy atom. The molecule has 1 aliphatic rings. The van der Waals surface area contributed by atoms with E-state index in [9.17, 15) is 0 Å². The minimum atomic E-state index is 0.872. The van der Waals surface area contributed by atoms with Crippen molar-refractivity contribution in [2.24, 2.45) is 0 Å². The third-order valence-electron chi connectivity index (χ3n) is 4.28. The molecule has 1 heterocycles. The first-order valence-corrected chi connectivity index (χ1v) is 8.15. The smallest absolute Gasteiger partial charge is 0.132 e. The monoisotopic (exact) mass is 311 g/mol. The molecule has 1 saturated heterocycles. The van der Waals surface area contributed by atoms with E-state index < -0.39 is 0 Å². The number of benzene rings is 2. The van der Waals surface area contributed by atoms with Crippen molar-refractivity contribution in [1.82, 2.24) is 5.32 Å². The van der Waals surface area contributed by atoms with Crippen molar-refractivity contribution in [3.63, 3.8) is 0 Å². The van der Waals surface area contributed by atoms with Crippen LogP contribution in [0.25, 0.3) is 0 Å². The van der Waals surface area contributed by atoms with E-state index in [-0.39, 0.29) is 0 Å². The summed E-state index contributed by atoms with van der Waals surface area (Å²) in [5, 5.41) is 3.40. The standard InChI is InChI=1S/C19H25N3O/c1-15-18(22-12-10-20-11-13-22)8-5-9-19(15)23-17-7-4-6-16(14-17)21(2)3/h4-9,14,20H,10-13H2,1-3H3. The second-order valence-corrected chi connectivity index (χ2v) is 6.13. The summed E-state index contributed by atoms with van der Waals surface area (Å²) in [5.74, 6) is 1.80. The summed E-state index contributed by atoms with van der Waals surface area (Å²) >= 11 is 0. The number of anilines is 2. The Labute approximate surface area is 138 Å². The van der Waals surface area contributed by atoms with Gasteiger partial charge in [-0.2, -0.15) is 0 Å². The van der Waals surface area contributed by atoms with Gasteiger partial charge in [-0.3, -0.25) is 0 Å². The van der Waals surface area contributed by atoms with Gasteiger partial charge in [-0.25, -0.2) is 0 Å². The molecule has 2 aromatic rings. The number of rotatable bonds is 4. The van der Waals surface area contributed by atoms with Crippen LogP contribution in [0.1, 0.15) is 5.56 Å². The molecule has 1 fully saturated rings. The number of hydrogen-bond donors (Lipinski definition) is 1. The molecular weight excluding hydrogens is 286 g/mol. The van der Waals surface area contributed by atoms with Crippen LogP contribution in [0.5, 0.6) is 11.5 Å². The Morgan fingerprint density at radius 2 is 1.78 bits per heavy atom. The van der Waals surface area contributed by atoms with Crippen LogP contribution in [-0.4, -0.2) is 40.3 Å². The van der Waals surface area contributed by atoms with Crippen molar-refractivity contribution in [2.75, 3.05) is 50.1 Å². The van der Waals surface area contributed by atoms with Crippen molar-refractivity contribution in [1.29, 1.82) is 0 Å². The zero-order chi connectivity index (χ0) is 16.2. The van der Waals surface area contributed by atoms with E-state index in [1.165, 1.54) is 11.3 Å². The Morgan fingerprint density at radius 1 is 1.04 bits per heavy atom. The van der Waals surface area contributed by atoms with Gasteiger partial charge in [0.2, 0.25) is 0 Å². The van der Waals surface area contributed by atoms with Crippen molar-refractivity contribution in [3.8, 4) is 11.5 Å². The summed E-state index contributed by atoms with van der Waals surface area (Å²) in [7, 11) is 4.07. The van der Waals surface area contributed by atoms with Gasteiger partial charge in [0.15, 0.2) is 0 Å². The van der Waals surface area contributed by atoms with E-state index in [4.69, 9.17) is 4.74 Å². The van der Waals surface area contributed by atoms with Gasteiger partial charge < -0.3 is 19.9 Å². The molecule has 4 heteroatoms. The molecule has 122 valence electrons. The van der Waals surface area contributed by atoms with Crippen LogP contribution in [0.4, 0.5) is 11.4 Å². The van der Waals surface area contributed by atoms with E-state index in [2.05, 4.69) is 46.3 Å². The van der Waals surface area contributed by atoms with Gasteiger partial charge in [-0.1, -0.05) is 12.1 Å². The fraction of sp³-hybridized carbons (Fsp3) is 0.368. The normalized spacial score (nSPS) is 14.7. The molecule has 3 rings (SSSR count). The van der Waals surface area contributed by atoms with E-state index in [1.54, 1.807) is 0 Å². The molecule has 23 heavy (non-hydrogen) atoms. The predicted molar refractivity (Wildman–Crippen MR) is 97.1 cm³/mol. The summed E-state index contributed by atoms with van der Waals surface area (Å²) < 4.78 is 6.16. The fourth-order valence-corrected chi connectivity index (χ4v) is 2.91. The van der Waals surface area contributed by atoms with Gasteiger partial charge in [0.1, 0.15) is 11.5 Å². The molecule has 0 aliphatic carbocycles. The fourth-order valence-electron chi connectivity index (χ4n) is 2.91. The third-order valence-corrected chi connectivity index (χ3v) is 4.28. The second kappa shape index (κ2) is 6.92. The minimum absolute atomic E-state index is 0.872. The molecule has 0 spiro atoms. The van der Waals surface area contributed by atoms with Crippen molar-refractivity contribution in [2.45, 2.75) is 6.92 Å². The third kappa shape index (κ3) is 3.59. The molecule has 0 amide bonds. The largest absolute Gasteiger partial charge is 0.457 e. The quantitative estimate of drug-likeness (QED) is 0.938. The van der Waals surface area contributed by atoms with Crippen LogP contribution in [0.15, 0.2) is 42.5 Å². The molecule has 0 atom stereocenters. The highest BCUT2D eigenvalue weighted by molar-refractivity contribution is 5.60. The maximum atomic E-state index is 6.16. The lowest BCUT2D eigenvalue weighted by Crippen LogP contribution is -2.43. The highest BCUT2D eigenvalue weighted by Crippen LogP contribution is 2.33. The Kier molecular flexibility index (Phi) is 4.72. The number of nitrogens with one attached hydrogen (secondary N) is 1. The second-order valence-electron chi connectivity index (χ2n) is 6.13. The Bertz CT molecular complexity index is 663. The lowest BCUT2D eigenvalue weighted by atomic mass is 10.1. The van der Waals surface area contributed by atoms with E-state index in [0.717, 1.165) is 43.4 Å². The van der Waals surface area contributed by atoms with Crippen molar-refractivity contribution < 1.29 is 4.74 Å². The molecular formula is C19H25N3O. The van der Waals surface area contributed by atoms with Crippen LogP contribution in [0, 0.1) is 6.92 Å². The molecule has 0 radical (unpaired) electrons. The molecule has 4 nitrogen and oxygen atoms in total. The molecule has 0 saturated carbocycles. The first-order chi connectivity index (χ1) is 11.1. The van der Waals surface area contributed by atoms with Crippen LogP contribution in [0.3, 0.4) is 0 Å². The van der Waals surface area contributed by atoms with Gasteiger partial charge in [-0.15, -0.1) is 0 Å². The topological polar surface area (TPSA) is 27.7 Å². The lowest BCUT2D eigenvalue weighted by molar-refractivity contribution is 0.478. The number of hydrogen-bond acceptors (Lipinski definition) is 4. The number of ether oxygens (including phenoxy) is 1. The van der Waals surface area contributed by atoms with E-state index in [0.29, 0.717) is 0 Å². The van der Waals surface area contributed by atoms with Gasteiger partial charge in [-0.05, 0) is 31.2 Å². The van der Waals surface area contributed by atoms with Gasteiger partial charge in [0.05, 0.1) is 0 Å². The van der Waals surface area contributed by atoms with Crippen molar-refractivity contribution >= 4 is 11.4 Å². The zero-order valence-corrected chi connectivity index (χ0v) is 14.2. The number of piperazine rings is 1. The zero-order valence-electron chi connectivity index (χ0n) is 14.2. The summed E-state index contributed by atoms with van der Waals surface area (Å²) in [4.78, 5) is 4.51. The maximum Gasteiger partial charge on any atom is 0.132 e. The predicted octanol–water partition coefficient (Wildman–Crippen LogP) is 3.26. The van der Waals surface area contributed by atoms with Crippen LogP contribution < -0.4 is 19.9 Å². The van der Waals surface area contributed by atoms with E-state index in [1.807, 2.05) is 32.3 Å². The Balaban J connectivity index is 1.84. The highest BCUT2D eigenvalue weighted by Gasteiger charge is 2.15. The summed E-state index contributed by atoms with van der Waals surface area (Å²) in [6.45, 7) is 6.30.